The van der Waals surface area contributed by atoms with E-state index in [4.69, 9.17) is 0 Å². The molecular weight excluding hydrogens is 136 g/mol. The van der Waals surface area contributed by atoms with Crippen molar-refractivity contribution in [3.05, 3.63) is 0 Å². The molecule has 0 saturated heterocycles. The van der Waals surface area contributed by atoms with Gasteiger partial charge in [0.2, 0.25) is 0 Å². The smallest absolute Gasteiger partial charge is 0.135 e. The Labute approximate surface area is 69.2 Å². The van der Waals surface area contributed by atoms with Crippen LogP contribution in [0.3, 0.4) is 0 Å². The van der Waals surface area contributed by atoms with Gasteiger partial charge in [-0.3, -0.25) is 4.79 Å². The van der Waals surface area contributed by atoms with Crippen LogP contribution in [0, 0.1) is 5.92 Å². The van der Waals surface area contributed by atoms with Crippen molar-refractivity contribution in [2.24, 2.45) is 5.92 Å². The molecule has 0 aromatic rings. The van der Waals surface area contributed by atoms with Crippen molar-refractivity contribution in [3.8, 4) is 0 Å². The minimum atomic E-state index is 0.446. The Bertz CT molecular complexity index is 123. The molecule has 0 bridgehead atoms. The summed E-state index contributed by atoms with van der Waals surface area (Å²) < 4.78 is 0. The lowest BCUT2D eigenvalue weighted by molar-refractivity contribution is -0.122. The SMILES string of the molecule is CCCCC(=O)C1CCCC1. The first-order chi connectivity index (χ1) is 5.34. The van der Waals surface area contributed by atoms with E-state index in [1.165, 1.54) is 25.7 Å². The van der Waals surface area contributed by atoms with Crippen LogP contribution in [0.2, 0.25) is 0 Å². The Morgan fingerprint density at radius 1 is 1.36 bits per heavy atom. The lowest BCUT2D eigenvalue weighted by atomic mass is 9.98. The van der Waals surface area contributed by atoms with E-state index in [1.54, 1.807) is 0 Å². The molecule has 1 heteroatoms. The maximum Gasteiger partial charge on any atom is 0.135 e. The van der Waals surface area contributed by atoms with Gasteiger partial charge in [-0.05, 0) is 19.3 Å². The zero-order valence-electron chi connectivity index (χ0n) is 7.44. The van der Waals surface area contributed by atoms with Gasteiger partial charge in [-0.1, -0.05) is 26.2 Å². The molecule has 1 nitrogen and oxygen atoms in total. The average molecular weight is 154 g/mol. The molecule has 0 N–H and O–H groups in total. The van der Waals surface area contributed by atoms with E-state index in [0.717, 1.165) is 19.3 Å². The number of hydrogen-bond donors (Lipinski definition) is 0. The van der Waals surface area contributed by atoms with Crippen molar-refractivity contribution < 1.29 is 4.79 Å². The fourth-order valence-corrected chi connectivity index (χ4v) is 1.80. The number of unbranched alkanes of at least 4 members (excludes halogenated alkanes) is 1. The Balaban J connectivity index is 2.17. The second kappa shape index (κ2) is 4.53. The van der Waals surface area contributed by atoms with Gasteiger partial charge in [-0.25, -0.2) is 0 Å². The van der Waals surface area contributed by atoms with Gasteiger partial charge in [-0.2, -0.15) is 0 Å². The van der Waals surface area contributed by atoms with E-state index in [-0.39, 0.29) is 0 Å². The number of carbonyl (C=O) groups is 1. The van der Waals surface area contributed by atoms with E-state index in [0.29, 0.717) is 11.7 Å². The molecule has 1 saturated carbocycles. The summed E-state index contributed by atoms with van der Waals surface area (Å²) in [6, 6.07) is 0. The summed E-state index contributed by atoms with van der Waals surface area (Å²) in [5, 5.41) is 0. The molecule has 0 radical (unpaired) electrons. The first-order valence-corrected chi connectivity index (χ1v) is 4.87. The van der Waals surface area contributed by atoms with Crippen molar-refractivity contribution in [2.45, 2.75) is 51.9 Å². The lowest BCUT2D eigenvalue weighted by Crippen LogP contribution is -2.09. The van der Waals surface area contributed by atoms with Gasteiger partial charge in [0, 0.05) is 12.3 Å². The predicted molar refractivity (Wildman–Crippen MR) is 46.5 cm³/mol. The molecule has 11 heavy (non-hydrogen) atoms. The van der Waals surface area contributed by atoms with Crippen LogP contribution >= 0.6 is 0 Å². The molecule has 0 spiro atoms. The second-order valence-electron chi connectivity index (χ2n) is 3.55. The molecule has 1 rings (SSSR count). The van der Waals surface area contributed by atoms with Gasteiger partial charge >= 0.3 is 0 Å². The molecule has 0 aliphatic heterocycles. The van der Waals surface area contributed by atoms with Crippen molar-refractivity contribution in [1.29, 1.82) is 0 Å². The van der Waals surface area contributed by atoms with E-state index in [1.807, 2.05) is 0 Å². The van der Waals surface area contributed by atoms with Gasteiger partial charge in [0.15, 0.2) is 0 Å². The number of ketones is 1. The minimum Gasteiger partial charge on any atom is -0.299 e. The normalized spacial score (nSPS) is 19.0. The second-order valence-corrected chi connectivity index (χ2v) is 3.55. The third kappa shape index (κ3) is 2.64. The number of Topliss-reactive ketones (excluding diaryl/α,β-unsaturated/α-hetero) is 1. The summed E-state index contributed by atoms with van der Waals surface area (Å²) >= 11 is 0. The van der Waals surface area contributed by atoms with Gasteiger partial charge < -0.3 is 0 Å². The Morgan fingerprint density at radius 3 is 2.55 bits per heavy atom. The summed E-state index contributed by atoms with van der Waals surface area (Å²) in [4.78, 5) is 11.4. The molecule has 1 fully saturated rings. The first kappa shape index (κ1) is 8.76. The predicted octanol–water partition coefficient (Wildman–Crippen LogP) is 2.94. The topological polar surface area (TPSA) is 17.1 Å². The van der Waals surface area contributed by atoms with Crippen molar-refractivity contribution in [1.82, 2.24) is 0 Å². The van der Waals surface area contributed by atoms with Crippen LogP contribution in [-0.2, 0) is 4.79 Å². The summed E-state index contributed by atoms with van der Waals surface area (Å²) in [7, 11) is 0. The lowest BCUT2D eigenvalue weighted by Gasteiger charge is -2.05. The quantitative estimate of drug-likeness (QED) is 0.608. The minimum absolute atomic E-state index is 0.446. The summed E-state index contributed by atoms with van der Waals surface area (Å²) in [5.41, 5.74) is 0. The van der Waals surface area contributed by atoms with E-state index in [9.17, 15) is 4.79 Å². The molecule has 0 aromatic carbocycles. The molecule has 0 amide bonds. The van der Waals surface area contributed by atoms with Crippen LogP contribution in [0.1, 0.15) is 51.9 Å². The van der Waals surface area contributed by atoms with Crippen LogP contribution in [0.4, 0.5) is 0 Å². The molecule has 0 unspecified atom stereocenters. The van der Waals surface area contributed by atoms with Crippen LogP contribution in [0.15, 0.2) is 0 Å². The fourth-order valence-electron chi connectivity index (χ4n) is 1.80. The third-order valence-corrected chi connectivity index (χ3v) is 2.59. The molecule has 0 heterocycles. The summed E-state index contributed by atoms with van der Waals surface area (Å²) in [6.07, 6.45) is 7.98. The monoisotopic (exact) mass is 154 g/mol. The van der Waals surface area contributed by atoms with Crippen LogP contribution in [0.5, 0.6) is 0 Å². The standard InChI is InChI=1S/C10H18O/c1-2-3-8-10(11)9-6-4-5-7-9/h9H,2-8H2,1H3. The highest BCUT2D eigenvalue weighted by molar-refractivity contribution is 5.81. The highest BCUT2D eigenvalue weighted by atomic mass is 16.1. The molecule has 1 aliphatic rings. The number of hydrogen-bond acceptors (Lipinski definition) is 1. The molecular formula is C10H18O. The molecule has 64 valence electrons. The van der Waals surface area contributed by atoms with Crippen LogP contribution in [-0.4, -0.2) is 5.78 Å². The van der Waals surface area contributed by atoms with Gasteiger partial charge in [0.1, 0.15) is 5.78 Å². The average Bonchev–Trinajstić information content (AvgIpc) is 2.52. The summed E-state index contributed by atoms with van der Waals surface area (Å²) in [6.45, 7) is 2.14. The third-order valence-electron chi connectivity index (χ3n) is 2.59. The van der Waals surface area contributed by atoms with Gasteiger partial charge in [0.05, 0.1) is 0 Å². The molecule has 0 aromatic heterocycles. The first-order valence-electron chi connectivity index (χ1n) is 4.87. The van der Waals surface area contributed by atoms with Crippen molar-refractivity contribution >= 4 is 5.78 Å². The van der Waals surface area contributed by atoms with Gasteiger partial charge in [-0.15, -0.1) is 0 Å². The highest BCUT2D eigenvalue weighted by Gasteiger charge is 2.21. The number of carbonyl (C=O) groups excluding carboxylic acids is 1. The Morgan fingerprint density at radius 2 is 2.00 bits per heavy atom. The van der Waals surface area contributed by atoms with E-state index >= 15 is 0 Å². The maximum atomic E-state index is 11.4. The van der Waals surface area contributed by atoms with Crippen LogP contribution in [0.25, 0.3) is 0 Å². The molecule has 1 aliphatic carbocycles. The largest absolute Gasteiger partial charge is 0.299 e. The zero-order valence-corrected chi connectivity index (χ0v) is 7.44. The Kier molecular flexibility index (Phi) is 3.61. The van der Waals surface area contributed by atoms with E-state index in [2.05, 4.69) is 6.92 Å². The highest BCUT2D eigenvalue weighted by Crippen LogP contribution is 2.26. The van der Waals surface area contributed by atoms with Crippen molar-refractivity contribution in [3.63, 3.8) is 0 Å². The molecule has 0 atom stereocenters. The van der Waals surface area contributed by atoms with Crippen molar-refractivity contribution in [2.75, 3.05) is 0 Å². The van der Waals surface area contributed by atoms with E-state index < -0.39 is 0 Å². The maximum absolute atomic E-state index is 11.4. The van der Waals surface area contributed by atoms with Crippen LogP contribution < -0.4 is 0 Å². The zero-order chi connectivity index (χ0) is 8.10. The Hall–Kier alpha value is -0.330. The number of rotatable bonds is 4. The fraction of sp³-hybridized carbons (Fsp3) is 0.900. The van der Waals surface area contributed by atoms with Gasteiger partial charge in [0.25, 0.3) is 0 Å². The summed E-state index contributed by atoms with van der Waals surface area (Å²) in [5.74, 6) is 0.978.